The number of hydrogen-bond donors (Lipinski definition) is 3. The minimum absolute atomic E-state index is 0.155. The van der Waals surface area contributed by atoms with Gasteiger partial charge in [0.15, 0.2) is 0 Å². The maximum atomic E-state index is 12.3. The molecule has 1 aromatic carbocycles. The van der Waals surface area contributed by atoms with Gasteiger partial charge >= 0.3 is 0 Å². The molecule has 0 fully saturated rings. The first-order valence-corrected chi connectivity index (χ1v) is 7.41. The molecule has 5 heteroatoms. The third-order valence-corrected chi connectivity index (χ3v) is 3.20. The Kier molecular flexibility index (Phi) is 7.46. The third-order valence-electron chi connectivity index (χ3n) is 3.20. The molecule has 1 aromatic rings. The predicted octanol–water partition coefficient (Wildman–Crippen LogP) is 1.09. The van der Waals surface area contributed by atoms with Crippen molar-refractivity contribution in [3.8, 4) is 0 Å². The molecular weight excluding hydrogens is 266 g/mol. The summed E-state index contributed by atoms with van der Waals surface area (Å²) in [6.45, 7) is 5.11. The van der Waals surface area contributed by atoms with Crippen LogP contribution in [0.3, 0.4) is 0 Å². The van der Waals surface area contributed by atoms with E-state index in [-0.39, 0.29) is 11.8 Å². The lowest BCUT2D eigenvalue weighted by molar-refractivity contribution is -0.122. The fourth-order valence-electron chi connectivity index (χ4n) is 1.96. The molecule has 1 atom stereocenters. The first-order chi connectivity index (χ1) is 10.1. The van der Waals surface area contributed by atoms with Crippen molar-refractivity contribution in [2.45, 2.75) is 32.7 Å². The number of hydrogen-bond acceptors (Lipinski definition) is 3. The van der Waals surface area contributed by atoms with E-state index in [1.807, 2.05) is 32.2 Å². The zero-order valence-corrected chi connectivity index (χ0v) is 13.0. The number of amides is 2. The average Bonchev–Trinajstić information content (AvgIpc) is 2.50. The van der Waals surface area contributed by atoms with Crippen molar-refractivity contribution in [3.05, 3.63) is 35.4 Å². The van der Waals surface area contributed by atoms with E-state index < -0.39 is 6.04 Å². The van der Waals surface area contributed by atoms with Crippen LogP contribution in [-0.2, 0) is 11.2 Å². The van der Waals surface area contributed by atoms with Gasteiger partial charge in [0, 0.05) is 12.1 Å². The number of likely N-dealkylation sites (N-methyl/N-ethyl adjacent to an activating group) is 1. The molecule has 0 saturated heterocycles. The van der Waals surface area contributed by atoms with E-state index in [1.165, 1.54) is 0 Å². The lowest BCUT2D eigenvalue weighted by Gasteiger charge is -2.15. The second-order valence-corrected chi connectivity index (χ2v) is 5.00. The zero-order valence-electron chi connectivity index (χ0n) is 13.0. The van der Waals surface area contributed by atoms with E-state index in [2.05, 4.69) is 16.0 Å². The second-order valence-electron chi connectivity index (χ2n) is 5.00. The van der Waals surface area contributed by atoms with Crippen molar-refractivity contribution >= 4 is 11.8 Å². The summed E-state index contributed by atoms with van der Waals surface area (Å²) in [4.78, 5) is 24.1. The molecule has 0 aromatic heterocycles. The summed E-state index contributed by atoms with van der Waals surface area (Å²) < 4.78 is 0. The van der Waals surface area contributed by atoms with Crippen LogP contribution < -0.4 is 16.0 Å². The smallest absolute Gasteiger partial charge is 0.252 e. The minimum Gasteiger partial charge on any atom is -0.354 e. The number of carbonyl (C=O) groups is 2. The Morgan fingerprint density at radius 3 is 2.57 bits per heavy atom. The first-order valence-electron chi connectivity index (χ1n) is 7.41. The summed E-state index contributed by atoms with van der Waals surface area (Å²) in [6, 6.07) is 6.94. The highest BCUT2D eigenvalue weighted by Crippen LogP contribution is 2.09. The summed E-state index contributed by atoms with van der Waals surface area (Å²) in [7, 11) is 1.88. The van der Waals surface area contributed by atoms with Crippen molar-refractivity contribution in [1.29, 1.82) is 0 Å². The van der Waals surface area contributed by atoms with Crippen LogP contribution in [0, 0.1) is 0 Å². The van der Waals surface area contributed by atoms with Crippen LogP contribution in [0.15, 0.2) is 24.3 Å². The molecule has 0 saturated carbocycles. The number of carbonyl (C=O) groups excluding carboxylic acids is 2. The van der Waals surface area contributed by atoms with Crippen molar-refractivity contribution in [3.63, 3.8) is 0 Å². The standard InChI is InChI=1S/C16H25N3O2/c1-4-10-18-15(20)12(2)19-16(21)14-8-6-5-7-13(14)9-11-17-3/h5-8,12,17H,4,9-11H2,1-3H3,(H,18,20)(H,19,21). The SMILES string of the molecule is CCCNC(=O)C(C)NC(=O)c1ccccc1CCNC. The van der Waals surface area contributed by atoms with Gasteiger partial charge in [-0.2, -0.15) is 0 Å². The summed E-state index contributed by atoms with van der Waals surface area (Å²) in [5.74, 6) is -0.362. The summed E-state index contributed by atoms with van der Waals surface area (Å²) >= 11 is 0. The van der Waals surface area contributed by atoms with E-state index in [0.29, 0.717) is 12.1 Å². The van der Waals surface area contributed by atoms with E-state index in [9.17, 15) is 9.59 Å². The van der Waals surface area contributed by atoms with Crippen LogP contribution in [0.25, 0.3) is 0 Å². The molecule has 0 aliphatic rings. The van der Waals surface area contributed by atoms with Gasteiger partial charge in [-0.1, -0.05) is 25.1 Å². The van der Waals surface area contributed by atoms with E-state index in [4.69, 9.17) is 0 Å². The first kappa shape index (κ1) is 17.2. The molecule has 116 valence electrons. The molecule has 1 rings (SSSR count). The highest BCUT2D eigenvalue weighted by molar-refractivity contribution is 5.98. The van der Waals surface area contributed by atoms with Crippen LogP contribution in [0.2, 0.25) is 0 Å². The van der Waals surface area contributed by atoms with Crippen molar-refractivity contribution in [2.75, 3.05) is 20.1 Å². The molecule has 0 radical (unpaired) electrons. The van der Waals surface area contributed by atoms with Crippen LogP contribution in [0.1, 0.15) is 36.2 Å². The Hall–Kier alpha value is -1.88. The largest absolute Gasteiger partial charge is 0.354 e. The summed E-state index contributed by atoms with van der Waals surface area (Å²) in [6.07, 6.45) is 1.65. The Balaban J connectivity index is 2.68. The van der Waals surface area contributed by atoms with E-state index in [1.54, 1.807) is 13.0 Å². The lowest BCUT2D eigenvalue weighted by atomic mass is 10.0. The molecule has 5 nitrogen and oxygen atoms in total. The Morgan fingerprint density at radius 2 is 1.90 bits per heavy atom. The van der Waals surface area contributed by atoms with Gasteiger partial charge in [0.2, 0.25) is 5.91 Å². The van der Waals surface area contributed by atoms with Gasteiger partial charge in [0.1, 0.15) is 6.04 Å². The Morgan fingerprint density at radius 1 is 1.19 bits per heavy atom. The highest BCUT2D eigenvalue weighted by atomic mass is 16.2. The van der Waals surface area contributed by atoms with Crippen LogP contribution >= 0.6 is 0 Å². The number of rotatable bonds is 8. The Bertz CT molecular complexity index is 474. The van der Waals surface area contributed by atoms with Crippen LogP contribution in [-0.4, -0.2) is 38.0 Å². The van der Waals surface area contributed by atoms with Gasteiger partial charge in [-0.25, -0.2) is 0 Å². The van der Waals surface area contributed by atoms with Gasteiger partial charge < -0.3 is 16.0 Å². The molecule has 21 heavy (non-hydrogen) atoms. The molecule has 0 bridgehead atoms. The van der Waals surface area contributed by atoms with Crippen LogP contribution in [0.5, 0.6) is 0 Å². The molecule has 2 amide bonds. The van der Waals surface area contributed by atoms with Gasteiger partial charge in [0.05, 0.1) is 0 Å². The molecular formula is C16H25N3O2. The molecule has 0 aliphatic heterocycles. The van der Waals surface area contributed by atoms with Crippen molar-refractivity contribution < 1.29 is 9.59 Å². The number of nitrogens with one attached hydrogen (secondary N) is 3. The maximum absolute atomic E-state index is 12.3. The quantitative estimate of drug-likeness (QED) is 0.671. The molecule has 0 aliphatic carbocycles. The monoisotopic (exact) mass is 291 g/mol. The fraction of sp³-hybridized carbons (Fsp3) is 0.500. The predicted molar refractivity (Wildman–Crippen MR) is 84.3 cm³/mol. The van der Waals surface area contributed by atoms with Gasteiger partial charge in [0.25, 0.3) is 5.91 Å². The average molecular weight is 291 g/mol. The molecule has 0 spiro atoms. The highest BCUT2D eigenvalue weighted by Gasteiger charge is 2.17. The normalized spacial score (nSPS) is 11.8. The zero-order chi connectivity index (χ0) is 15.7. The van der Waals surface area contributed by atoms with Gasteiger partial charge in [-0.05, 0) is 45.0 Å². The van der Waals surface area contributed by atoms with Gasteiger partial charge in [-0.3, -0.25) is 9.59 Å². The van der Waals surface area contributed by atoms with Crippen LogP contribution in [0.4, 0.5) is 0 Å². The maximum Gasteiger partial charge on any atom is 0.252 e. The summed E-state index contributed by atoms with van der Waals surface area (Å²) in [5.41, 5.74) is 1.61. The molecule has 0 heterocycles. The topological polar surface area (TPSA) is 70.2 Å². The lowest BCUT2D eigenvalue weighted by Crippen LogP contribution is -2.45. The number of benzene rings is 1. The fourth-order valence-corrected chi connectivity index (χ4v) is 1.96. The van der Waals surface area contributed by atoms with Crippen molar-refractivity contribution in [2.24, 2.45) is 0 Å². The minimum atomic E-state index is -0.540. The van der Waals surface area contributed by atoms with Gasteiger partial charge in [-0.15, -0.1) is 0 Å². The Labute approximate surface area is 126 Å². The van der Waals surface area contributed by atoms with E-state index in [0.717, 1.165) is 24.9 Å². The molecule has 3 N–H and O–H groups in total. The van der Waals surface area contributed by atoms with Crippen molar-refractivity contribution in [1.82, 2.24) is 16.0 Å². The van der Waals surface area contributed by atoms with E-state index >= 15 is 0 Å². The second kappa shape index (κ2) is 9.13. The molecule has 1 unspecified atom stereocenters. The summed E-state index contributed by atoms with van der Waals surface area (Å²) in [5, 5.41) is 8.59. The third kappa shape index (κ3) is 5.55.